The Bertz CT molecular complexity index is 651. The van der Waals surface area contributed by atoms with E-state index in [-0.39, 0.29) is 5.91 Å². The molecule has 4 heteroatoms. The summed E-state index contributed by atoms with van der Waals surface area (Å²) in [6, 6.07) is 13.0. The van der Waals surface area contributed by atoms with Gasteiger partial charge in [0.25, 0.3) is 5.91 Å². The van der Waals surface area contributed by atoms with Crippen molar-refractivity contribution < 1.29 is 9.53 Å². The van der Waals surface area contributed by atoms with Gasteiger partial charge in [-0.25, -0.2) is 0 Å². The van der Waals surface area contributed by atoms with Crippen molar-refractivity contribution >= 4 is 17.3 Å². The maximum Gasteiger partial charge on any atom is 0.265 e. The van der Waals surface area contributed by atoms with Crippen LogP contribution in [0.3, 0.4) is 0 Å². The fraction of sp³-hybridized carbons (Fsp3) is 0.278. The van der Waals surface area contributed by atoms with Crippen LogP contribution in [-0.2, 0) is 11.2 Å². The number of anilines is 2. The number of nitrogens with two attached hydrogens (primary N) is 1. The van der Waals surface area contributed by atoms with Gasteiger partial charge in [-0.2, -0.15) is 0 Å². The predicted octanol–water partition coefficient (Wildman–Crippen LogP) is 3.55. The molecule has 0 aliphatic heterocycles. The van der Waals surface area contributed by atoms with E-state index in [1.807, 2.05) is 25.1 Å². The van der Waals surface area contributed by atoms with Crippen LogP contribution in [0.2, 0.25) is 0 Å². The summed E-state index contributed by atoms with van der Waals surface area (Å²) in [5.41, 5.74) is 9.34. The van der Waals surface area contributed by atoms with E-state index in [0.717, 1.165) is 23.2 Å². The lowest BCUT2D eigenvalue weighted by molar-refractivity contribution is -0.122. The van der Waals surface area contributed by atoms with Gasteiger partial charge >= 0.3 is 0 Å². The fourth-order valence-electron chi connectivity index (χ4n) is 2.23. The van der Waals surface area contributed by atoms with Gasteiger partial charge in [-0.1, -0.05) is 25.1 Å². The Morgan fingerprint density at radius 2 is 1.91 bits per heavy atom. The van der Waals surface area contributed by atoms with Crippen molar-refractivity contribution in [1.29, 1.82) is 0 Å². The number of hydrogen-bond acceptors (Lipinski definition) is 3. The molecule has 0 saturated carbocycles. The van der Waals surface area contributed by atoms with E-state index < -0.39 is 6.10 Å². The Morgan fingerprint density at radius 1 is 1.23 bits per heavy atom. The van der Waals surface area contributed by atoms with Gasteiger partial charge in [-0.3, -0.25) is 4.79 Å². The van der Waals surface area contributed by atoms with Crippen molar-refractivity contribution in [3.05, 3.63) is 53.6 Å². The van der Waals surface area contributed by atoms with Crippen molar-refractivity contribution in [2.75, 3.05) is 11.1 Å². The van der Waals surface area contributed by atoms with Gasteiger partial charge < -0.3 is 15.8 Å². The summed E-state index contributed by atoms with van der Waals surface area (Å²) in [7, 11) is 0. The number of hydrogen-bond donors (Lipinski definition) is 2. The van der Waals surface area contributed by atoms with E-state index in [0.29, 0.717) is 11.4 Å². The van der Waals surface area contributed by atoms with Crippen LogP contribution in [0, 0.1) is 6.92 Å². The lowest BCUT2D eigenvalue weighted by atomic mass is 10.1. The second-order valence-corrected chi connectivity index (χ2v) is 5.28. The maximum absolute atomic E-state index is 12.3. The third-order valence-electron chi connectivity index (χ3n) is 3.55. The van der Waals surface area contributed by atoms with Crippen LogP contribution < -0.4 is 15.8 Å². The molecule has 0 fully saturated rings. The molecule has 3 N–H and O–H groups in total. The highest BCUT2D eigenvalue weighted by Crippen LogP contribution is 2.22. The Balaban J connectivity index is 2.07. The fourth-order valence-corrected chi connectivity index (χ4v) is 2.23. The van der Waals surface area contributed by atoms with Gasteiger partial charge in [0.15, 0.2) is 6.10 Å². The molecule has 0 spiro atoms. The van der Waals surface area contributed by atoms with Gasteiger partial charge in [0.1, 0.15) is 5.75 Å². The molecule has 4 nitrogen and oxygen atoms in total. The molecule has 0 radical (unpaired) electrons. The molecule has 0 aromatic heterocycles. The minimum atomic E-state index is -0.590. The molecular formula is C18H22N2O2. The van der Waals surface area contributed by atoms with Crippen LogP contribution in [0.4, 0.5) is 11.4 Å². The number of aryl methyl sites for hydroxylation is 2. The van der Waals surface area contributed by atoms with Crippen LogP contribution in [0.5, 0.6) is 5.75 Å². The lowest BCUT2D eigenvalue weighted by Gasteiger charge is -2.17. The number of rotatable bonds is 5. The van der Waals surface area contributed by atoms with Crippen LogP contribution >= 0.6 is 0 Å². The second kappa shape index (κ2) is 6.98. The minimum absolute atomic E-state index is 0.166. The summed E-state index contributed by atoms with van der Waals surface area (Å²) in [6.45, 7) is 5.79. The van der Waals surface area contributed by atoms with Gasteiger partial charge in [0.05, 0.1) is 0 Å². The molecule has 0 aliphatic rings. The minimum Gasteiger partial charge on any atom is -0.481 e. The van der Waals surface area contributed by atoms with Crippen molar-refractivity contribution in [1.82, 2.24) is 0 Å². The SMILES string of the molecule is CCc1cccc(C)c1NC(=O)C(C)Oc1ccc(N)cc1. The highest BCUT2D eigenvalue weighted by molar-refractivity contribution is 5.95. The number of ether oxygens (including phenoxy) is 1. The monoisotopic (exact) mass is 298 g/mol. The number of nitrogen functional groups attached to an aromatic ring is 1. The van der Waals surface area contributed by atoms with E-state index in [4.69, 9.17) is 10.5 Å². The van der Waals surface area contributed by atoms with Gasteiger partial charge in [0.2, 0.25) is 0 Å². The highest BCUT2D eigenvalue weighted by Gasteiger charge is 2.17. The summed E-state index contributed by atoms with van der Waals surface area (Å²) in [5.74, 6) is 0.457. The largest absolute Gasteiger partial charge is 0.481 e. The summed E-state index contributed by atoms with van der Waals surface area (Å²) >= 11 is 0. The first-order valence-corrected chi connectivity index (χ1v) is 7.42. The maximum atomic E-state index is 12.3. The molecule has 116 valence electrons. The van der Waals surface area contributed by atoms with Crippen LogP contribution in [0.15, 0.2) is 42.5 Å². The smallest absolute Gasteiger partial charge is 0.265 e. The third kappa shape index (κ3) is 3.79. The Labute approximate surface area is 131 Å². The first-order valence-electron chi connectivity index (χ1n) is 7.42. The molecule has 2 rings (SSSR count). The molecule has 0 aliphatic carbocycles. The van der Waals surface area contributed by atoms with E-state index in [1.165, 1.54) is 0 Å². The average molecular weight is 298 g/mol. The number of amides is 1. The third-order valence-corrected chi connectivity index (χ3v) is 3.55. The highest BCUT2D eigenvalue weighted by atomic mass is 16.5. The zero-order valence-electron chi connectivity index (χ0n) is 13.2. The molecule has 2 aromatic rings. The number of benzene rings is 2. The topological polar surface area (TPSA) is 64.3 Å². The first-order chi connectivity index (χ1) is 10.5. The van der Waals surface area contributed by atoms with E-state index in [1.54, 1.807) is 31.2 Å². The molecule has 0 saturated heterocycles. The van der Waals surface area contributed by atoms with E-state index in [9.17, 15) is 4.79 Å². The Morgan fingerprint density at radius 3 is 2.55 bits per heavy atom. The standard InChI is InChI=1S/C18H22N2O2/c1-4-14-7-5-6-12(2)17(14)20-18(21)13(3)22-16-10-8-15(19)9-11-16/h5-11,13H,4,19H2,1-3H3,(H,20,21). The van der Waals surface area contributed by atoms with E-state index in [2.05, 4.69) is 12.2 Å². The normalized spacial score (nSPS) is 11.8. The van der Waals surface area contributed by atoms with Crippen LogP contribution in [0.1, 0.15) is 25.0 Å². The van der Waals surface area contributed by atoms with Gasteiger partial charge in [-0.15, -0.1) is 0 Å². The van der Waals surface area contributed by atoms with Gasteiger partial charge in [-0.05, 0) is 55.7 Å². The molecule has 0 heterocycles. The number of para-hydroxylation sites is 1. The molecule has 1 atom stereocenters. The van der Waals surface area contributed by atoms with Crippen molar-refractivity contribution in [3.8, 4) is 5.75 Å². The molecule has 0 bridgehead atoms. The number of carbonyl (C=O) groups is 1. The zero-order chi connectivity index (χ0) is 16.1. The summed E-state index contributed by atoms with van der Waals surface area (Å²) in [5, 5.41) is 2.97. The number of carbonyl (C=O) groups excluding carboxylic acids is 1. The first kappa shape index (κ1) is 15.9. The second-order valence-electron chi connectivity index (χ2n) is 5.28. The predicted molar refractivity (Wildman–Crippen MR) is 90.1 cm³/mol. The van der Waals surface area contributed by atoms with E-state index >= 15 is 0 Å². The molecular weight excluding hydrogens is 276 g/mol. The van der Waals surface area contributed by atoms with Crippen molar-refractivity contribution in [3.63, 3.8) is 0 Å². The van der Waals surface area contributed by atoms with Crippen molar-refractivity contribution in [2.45, 2.75) is 33.3 Å². The van der Waals surface area contributed by atoms with Crippen LogP contribution in [-0.4, -0.2) is 12.0 Å². The lowest BCUT2D eigenvalue weighted by Crippen LogP contribution is -2.30. The average Bonchev–Trinajstić information content (AvgIpc) is 2.51. The number of nitrogens with one attached hydrogen (secondary N) is 1. The Hall–Kier alpha value is -2.49. The Kier molecular flexibility index (Phi) is 5.04. The molecule has 22 heavy (non-hydrogen) atoms. The summed E-state index contributed by atoms with van der Waals surface area (Å²) in [6.07, 6.45) is 0.276. The van der Waals surface area contributed by atoms with Crippen molar-refractivity contribution in [2.24, 2.45) is 0 Å². The molecule has 1 amide bonds. The summed E-state index contributed by atoms with van der Waals surface area (Å²) < 4.78 is 5.65. The van der Waals surface area contributed by atoms with Crippen LogP contribution in [0.25, 0.3) is 0 Å². The quantitative estimate of drug-likeness (QED) is 0.830. The zero-order valence-corrected chi connectivity index (χ0v) is 13.2. The molecule has 2 aromatic carbocycles. The van der Waals surface area contributed by atoms with Gasteiger partial charge in [0, 0.05) is 11.4 Å². The summed E-state index contributed by atoms with van der Waals surface area (Å²) in [4.78, 5) is 12.3. The molecule has 1 unspecified atom stereocenters.